The summed E-state index contributed by atoms with van der Waals surface area (Å²) in [7, 11) is 0. The first-order valence-corrected chi connectivity index (χ1v) is 13.1. The molecule has 1 atom stereocenters. The zero-order valence-electron chi connectivity index (χ0n) is 26.8. The van der Waals surface area contributed by atoms with Gasteiger partial charge in [0, 0.05) is 0 Å². The predicted molar refractivity (Wildman–Crippen MR) is 106 cm³/mol. The average Bonchev–Trinajstić information content (AvgIpc) is 3.03. The Kier molecular flexibility index (Phi) is 13.6. The van der Waals surface area contributed by atoms with Crippen molar-refractivity contribution in [2.45, 2.75) is 119 Å². The van der Waals surface area contributed by atoms with E-state index in [-0.39, 0.29) is 0 Å². The summed E-state index contributed by atoms with van der Waals surface area (Å²) in [6.45, 7) is 0. The lowest BCUT2D eigenvalue weighted by molar-refractivity contribution is -0.493. The van der Waals surface area contributed by atoms with Gasteiger partial charge in [-0.2, -0.15) is 176 Å². The molecule has 0 N–H and O–H groups in total. The van der Waals surface area contributed by atoms with Gasteiger partial charge >= 0.3 is 119 Å². The van der Waals surface area contributed by atoms with Crippen LogP contribution < -0.4 is 0 Å². The maximum atomic E-state index is 14.4. The summed E-state index contributed by atoms with van der Waals surface area (Å²) in [5.41, 5.74) is -19.5. The Bertz CT molecular complexity index is 1710. The first-order chi connectivity index (χ1) is 26.7. The minimum Gasteiger partial charge on any atom is -0.285 e. The van der Waals surface area contributed by atoms with E-state index in [0.29, 0.717) is 0 Å². The number of rotatable bonds is 16. The van der Waals surface area contributed by atoms with Crippen molar-refractivity contribution in [3.63, 3.8) is 0 Å². The van der Waals surface area contributed by atoms with Crippen LogP contribution in [-0.2, 0) is 4.79 Å². The van der Waals surface area contributed by atoms with Crippen molar-refractivity contribution in [1.29, 1.82) is 0 Å². The van der Waals surface area contributed by atoms with Crippen molar-refractivity contribution in [3.05, 3.63) is 0 Å². The summed E-state index contributed by atoms with van der Waals surface area (Å²) in [6, 6.07) is 0. The summed E-state index contributed by atoms with van der Waals surface area (Å²) < 4.78 is 567. The molecule has 0 saturated heterocycles. The Morgan fingerprint density at radius 3 is 0.484 bits per heavy atom. The molecular formula is C21F42O. The number of alkyl halides is 42. The van der Waals surface area contributed by atoms with Crippen LogP contribution in [0.5, 0.6) is 0 Å². The van der Waals surface area contributed by atoms with Gasteiger partial charge in [0.05, 0.1) is 0 Å². The Balaban J connectivity index is 8.29. The molecule has 0 radical (unpaired) electrons. The fourth-order valence-electron chi connectivity index (χ4n) is 3.99. The van der Waals surface area contributed by atoms with Crippen molar-refractivity contribution >= 4 is 5.78 Å². The number of hydrogen-bond acceptors (Lipinski definition) is 1. The van der Waals surface area contributed by atoms with Crippen molar-refractivity contribution in [2.24, 2.45) is 0 Å². The van der Waals surface area contributed by atoms with E-state index in [9.17, 15) is 189 Å². The van der Waals surface area contributed by atoms with E-state index in [4.69, 9.17) is 0 Å². The molecule has 0 aliphatic heterocycles. The van der Waals surface area contributed by atoms with E-state index in [1.807, 2.05) is 0 Å². The quantitative estimate of drug-likeness (QED) is 0.141. The molecule has 384 valence electrons. The Morgan fingerprint density at radius 2 is 0.344 bits per heavy atom. The predicted octanol–water partition coefficient (Wildman–Crippen LogP) is 13.1. The summed E-state index contributed by atoms with van der Waals surface area (Å²) >= 11 is 0. The lowest BCUT2D eigenvalue weighted by Gasteiger charge is -2.48. The molecule has 0 rings (SSSR count). The normalized spacial score (nSPS) is 18.0. The molecule has 64 heavy (non-hydrogen) atoms. The summed E-state index contributed by atoms with van der Waals surface area (Å²) in [5.74, 6) is -153. The van der Waals surface area contributed by atoms with Crippen LogP contribution >= 0.6 is 0 Å². The molecule has 1 unspecified atom stereocenters. The molecule has 0 saturated carbocycles. The highest BCUT2D eigenvalue weighted by atomic mass is 19.5. The maximum Gasteiger partial charge on any atom is 0.457 e. The van der Waals surface area contributed by atoms with Crippen LogP contribution in [0.3, 0.4) is 0 Å². The fourth-order valence-corrected chi connectivity index (χ4v) is 3.99. The highest BCUT2D eigenvalue weighted by molar-refractivity contribution is 5.94. The molecule has 0 aliphatic rings. The number of carbonyl (C=O) groups excluding carboxylic acids is 1. The molecule has 0 aromatic carbocycles. The number of Topliss-reactive ketones (excluding diaryl/α,β-unsaturated/α-hetero) is 1. The molecule has 0 aromatic heterocycles. The maximum absolute atomic E-state index is 14.4. The van der Waals surface area contributed by atoms with Gasteiger partial charge in [0.25, 0.3) is 5.78 Å². The van der Waals surface area contributed by atoms with Gasteiger partial charge in [0.15, 0.2) is 0 Å². The summed E-state index contributed by atoms with van der Waals surface area (Å²) in [4.78, 5) is 10.8. The fraction of sp³-hybridized carbons (Fsp3) is 0.952. The van der Waals surface area contributed by atoms with Crippen LogP contribution in [0, 0.1) is 0 Å². The topological polar surface area (TPSA) is 17.1 Å². The number of halogens is 42. The summed E-state index contributed by atoms with van der Waals surface area (Å²) in [5, 5.41) is 0. The van der Waals surface area contributed by atoms with E-state index < -0.39 is 125 Å². The third-order valence-corrected chi connectivity index (χ3v) is 7.74. The van der Waals surface area contributed by atoms with E-state index in [1.165, 1.54) is 0 Å². The van der Waals surface area contributed by atoms with Crippen LogP contribution in [0.15, 0.2) is 0 Å². The zero-order chi connectivity index (χ0) is 53.6. The largest absolute Gasteiger partial charge is 0.457 e. The van der Waals surface area contributed by atoms with Gasteiger partial charge in [-0.15, -0.1) is 0 Å². The molecular weight excluding hydrogens is 1070 g/mol. The van der Waals surface area contributed by atoms with Crippen LogP contribution in [0.1, 0.15) is 0 Å². The molecule has 0 bridgehead atoms. The van der Waals surface area contributed by atoms with Crippen molar-refractivity contribution in [3.8, 4) is 0 Å². The van der Waals surface area contributed by atoms with E-state index in [0.717, 1.165) is 0 Å². The van der Waals surface area contributed by atoms with Gasteiger partial charge < -0.3 is 0 Å². The zero-order valence-corrected chi connectivity index (χ0v) is 26.8. The Hall–Kier alpha value is -3.27. The lowest BCUT2D eigenvalue weighted by atomic mass is 9.77. The lowest BCUT2D eigenvalue weighted by Crippen LogP contribution is -2.81. The molecule has 43 heteroatoms. The second-order valence-corrected chi connectivity index (χ2v) is 11.7. The van der Waals surface area contributed by atoms with Crippen molar-refractivity contribution in [1.82, 2.24) is 0 Å². The third-order valence-electron chi connectivity index (χ3n) is 7.74. The number of carbonyl (C=O) groups is 1. The molecule has 0 amide bonds. The highest BCUT2D eigenvalue weighted by Crippen LogP contribution is 2.71. The van der Waals surface area contributed by atoms with Gasteiger partial charge in [-0.05, 0) is 0 Å². The standard InChI is InChI=1S/C21F42O/c22-2(1(64)3(23,24)25,6(29,30)21(61,62)63)5(27,28)8(33,34)10(37,38)12(41,42)14(45,46)16(49,50)18(53,54)17(51,52)15(47,48)13(43,44)11(39,40)9(35,36)7(31,32)4(26,19(55,56)57)20(58,59)60. The second-order valence-electron chi connectivity index (χ2n) is 11.7. The van der Waals surface area contributed by atoms with Crippen LogP contribution in [0.4, 0.5) is 184 Å². The van der Waals surface area contributed by atoms with Gasteiger partial charge in [0.2, 0.25) is 0 Å². The second kappa shape index (κ2) is 14.4. The SMILES string of the molecule is O=C(C(F)(F)F)C(F)(C(F)(F)C(F)(F)F)C(F)(F)C(F)(F)C(F)(F)C(F)(F)C(F)(F)C(F)(F)C(F)(F)C(F)(F)C(F)(F)C(F)(F)C(F)(F)C(F)(F)C(F)(F)C(F)(C(F)(F)F)C(F)(F)F. The van der Waals surface area contributed by atoms with E-state index >= 15 is 0 Å². The monoisotopic (exact) mass is 1070 g/mol. The van der Waals surface area contributed by atoms with E-state index in [1.54, 1.807) is 0 Å². The average molecular weight is 1070 g/mol. The van der Waals surface area contributed by atoms with Crippen LogP contribution in [0.2, 0.25) is 0 Å². The van der Waals surface area contributed by atoms with Crippen LogP contribution in [-0.4, -0.2) is 125 Å². The first-order valence-electron chi connectivity index (χ1n) is 13.1. The molecule has 0 aromatic rings. The van der Waals surface area contributed by atoms with Gasteiger partial charge in [-0.1, -0.05) is 0 Å². The molecule has 0 fully saturated rings. The van der Waals surface area contributed by atoms with Crippen molar-refractivity contribution in [2.75, 3.05) is 0 Å². The minimum absolute atomic E-state index is 6.58. The van der Waals surface area contributed by atoms with Crippen LogP contribution in [0.25, 0.3) is 0 Å². The molecule has 1 nitrogen and oxygen atoms in total. The Labute approximate surface area is 315 Å². The van der Waals surface area contributed by atoms with Gasteiger partial charge in [-0.3, -0.25) is 4.79 Å². The highest BCUT2D eigenvalue weighted by Gasteiger charge is 3.04. The first kappa shape index (κ1) is 60.7. The summed E-state index contributed by atoms with van der Waals surface area (Å²) in [6.07, 6.45) is -35.4. The van der Waals surface area contributed by atoms with E-state index in [2.05, 4.69) is 0 Å². The number of hydrogen-bond donors (Lipinski definition) is 0. The van der Waals surface area contributed by atoms with Gasteiger partial charge in [0.1, 0.15) is 0 Å². The molecule has 0 aliphatic carbocycles. The van der Waals surface area contributed by atoms with Gasteiger partial charge in [-0.25, -0.2) is 8.78 Å². The minimum atomic E-state index is -10.7. The Morgan fingerprint density at radius 1 is 0.188 bits per heavy atom. The molecule has 0 spiro atoms. The third kappa shape index (κ3) is 6.71. The van der Waals surface area contributed by atoms with Crippen molar-refractivity contribution < 1.29 is 189 Å². The smallest absolute Gasteiger partial charge is 0.285 e. The number of ketones is 1. The molecule has 0 heterocycles.